The summed E-state index contributed by atoms with van der Waals surface area (Å²) in [7, 11) is 0. The standard InChI is InChI=1S/C22H24N2O2/c1-15(2)14-24(21(25)16(3)4)22(26)20-11-10-18(12-19(20)13-23)17-8-6-5-7-9-17/h5-12,15-16H,14H2,1-4H3. The number of carbonyl (C=O) groups excluding carboxylic acids is 2. The molecule has 0 N–H and O–H groups in total. The molecule has 4 heteroatoms. The molecule has 0 saturated carbocycles. The molecule has 4 nitrogen and oxygen atoms in total. The molecule has 0 aromatic heterocycles. The Bertz CT molecular complexity index is 833. The predicted octanol–water partition coefficient (Wildman–Crippen LogP) is 4.51. The fourth-order valence-electron chi connectivity index (χ4n) is 2.73. The van der Waals surface area contributed by atoms with Gasteiger partial charge in [-0.2, -0.15) is 5.26 Å². The van der Waals surface area contributed by atoms with E-state index in [4.69, 9.17) is 0 Å². The normalized spacial score (nSPS) is 10.7. The summed E-state index contributed by atoms with van der Waals surface area (Å²) in [6.45, 7) is 7.79. The van der Waals surface area contributed by atoms with Crippen molar-refractivity contribution >= 4 is 11.8 Å². The average molecular weight is 348 g/mol. The van der Waals surface area contributed by atoms with Crippen LogP contribution in [0.5, 0.6) is 0 Å². The van der Waals surface area contributed by atoms with Crippen molar-refractivity contribution in [3.63, 3.8) is 0 Å². The van der Waals surface area contributed by atoms with Crippen LogP contribution in [-0.4, -0.2) is 23.3 Å². The van der Waals surface area contributed by atoms with Gasteiger partial charge in [0.05, 0.1) is 17.2 Å². The van der Waals surface area contributed by atoms with Crippen molar-refractivity contribution in [2.45, 2.75) is 27.7 Å². The first-order chi connectivity index (χ1) is 12.3. The van der Waals surface area contributed by atoms with E-state index < -0.39 is 5.91 Å². The maximum atomic E-state index is 13.0. The first-order valence-corrected chi connectivity index (χ1v) is 8.80. The van der Waals surface area contributed by atoms with Gasteiger partial charge in [-0.25, -0.2) is 0 Å². The van der Waals surface area contributed by atoms with Gasteiger partial charge in [0.25, 0.3) is 5.91 Å². The molecule has 0 spiro atoms. The summed E-state index contributed by atoms with van der Waals surface area (Å²) in [5, 5.41) is 9.54. The molecule has 0 fully saturated rings. The summed E-state index contributed by atoms with van der Waals surface area (Å²) in [5.41, 5.74) is 2.38. The third kappa shape index (κ3) is 4.37. The maximum absolute atomic E-state index is 13.0. The van der Waals surface area contributed by atoms with E-state index in [0.29, 0.717) is 6.54 Å². The summed E-state index contributed by atoms with van der Waals surface area (Å²) >= 11 is 0. The highest BCUT2D eigenvalue weighted by Crippen LogP contribution is 2.23. The van der Waals surface area contributed by atoms with Gasteiger partial charge in [-0.3, -0.25) is 14.5 Å². The Kier molecular flexibility index (Phi) is 6.30. The Balaban J connectivity index is 2.44. The van der Waals surface area contributed by atoms with Gasteiger partial charge >= 0.3 is 0 Å². The quantitative estimate of drug-likeness (QED) is 0.799. The molecule has 26 heavy (non-hydrogen) atoms. The van der Waals surface area contributed by atoms with E-state index >= 15 is 0 Å². The van der Waals surface area contributed by atoms with Crippen molar-refractivity contribution in [2.75, 3.05) is 6.54 Å². The number of carbonyl (C=O) groups is 2. The van der Waals surface area contributed by atoms with Gasteiger partial charge in [-0.15, -0.1) is 0 Å². The molecule has 0 aliphatic heterocycles. The zero-order valence-electron chi connectivity index (χ0n) is 15.7. The number of hydrogen-bond acceptors (Lipinski definition) is 3. The van der Waals surface area contributed by atoms with Gasteiger partial charge in [0.15, 0.2) is 0 Å². The Morgan fingerprint density at radius 3 is 2.19 bits per heavy atom. The van der Waals surface area contributed by atoms with Crippen LogP contribution in [0, 0.1) is 23.2 Å². The molecule has 0 aliphatic rings. The largest absolute Gasteiger partial charge is 0.278 e. The number of nitriles is 1. The number of rotatable bonds is 5. The lowest BCUT2D eigenvalue weighted by Gasteiger charge is -2.25. The minimum absolute atomic E-state index is 0.149. The number of nitrogens with zero attached hydrogens (tertiary/aromatic N) is 2. The number of hydrogen-bond donors (Lipinski definition) is 0. The monoisotopic (exact) mass is 348 g/mol. The third-order valence-electron chi connectivity index (χ3n) is 4.03. The Morgan fingerprint density at radius 2 is 1.65 bits per heavy atom. The number of imide groups is 1. The van der Waals surface area contributed by atoms with E-state index in [1.165, 1.54) is 4.90 Å². The fourth-order valence-corrected chi connectivity index (χ4v) is 2.73. The minimum Gasteiger partial charge on any atom is -0.278 e. The Morgan fingerprint density at radius 1 is 1.00 bits per heavy atom. The highest BCUT2D eigenvalue weighted by Gasteiger charge is 2.27. The van der Waals surface area contributed by atoms with E-state index in [1.54, 1.807) is 26.0 Å². The molecule has 2 rings (SSSR count). The van der Waals surface area contributed by atoms with Crippen LogP contribution in [0.25, 0.3) is 11.1 Å². The van der Waals surface area contributed by atoms with Crippen LogP contribution in [-0.2, 0) is 4.79 Å². The summed E-state index contributed by atoms with van der Waals surface area (Å²) in [5.74, 6) is -0.768. The van der Waals surface area contributed by atoms with Crippen molar-refractivity contribution < 1.29 is 9.59 Å². The van der Waals surface area contributed by atoms with Crippen molar-refractivity contribution in [1.82, 2.24) is 4.90 Å². The SMILES string of the molecule is CC(C)CN(C(=O)c1ccc(-c2ccccc2)cc1C#N)C(=O)C(C)C. The van der Waals surface area contributed by atoms with Gasteiger partial charge < -0.3 is 0 Å². The molecule has 0 bridgehead atoms. The zero-order chi connectivity index (χ0) is 19.3. The van der Waals surface area contributed by atoms with E-state index in [1.807, 2.05) is 50.2 Å². The molecule has 2 aromatic rings. The van der Waals surface area contributed by atoms with Crippen LogP contribution in [0.4, 0.5) is 0 Å². The number of benzene rings is 2. The molecular weight excluding hydrogens is 324 g/mol. The highest BCUT2D eigenvalue weighted by atomic mass is 16.2. The second-order valence-electron chi connectivity index (χ2n) is 7.04. The van der Waals surface area contributed by atoms with Gasteiger partial charge in [-0.1, -0.05) is 64.1 Å². The van der Waals surface area contributed by atoms with Crippen LogP contribution in [0.2, 0.25) is 0 Å². The second kappa shape index (κ2) is 8.44. The van der Waals surface area contributed by atoms with Crippen LogP contribution in [0.3, 0.4) is 0 Å². The lowest BCUT2D eigenvalue weighted by molar-refractivity contribution is -0.132. The summed E-state index contributed by atoms with van der Waals surface area (Å²) in [4.78, 5) is 26.8. The van der Waals surface area contributed by atoms with Gasteiger partial charge in [0.2, 0.25) is 5.91 Å². The van der Waals surface area contributed by atoms with Crippen molar-refractivity contribution in [2.24, 2.45) is 11.8 Å². The molecule has 0 aliphatic carbocycles. The van der Waals surface area contributed by atoms with Crippen LogP contribution < -0.4 is 0 Å². The van der Waals surface area contributed by atoms with E-state index in [-0.39, 0.29) is 28.9 Å². The second-order valence-corrected chi connectivity index (χ2v) is 7.04. The molecule has 2 amide bonds. The molecule has 0 unspecified atom stereocenters. The smallest absolute Gasteiger partial charge is 0.261 e. The van der Waals surface area contributed by atoms with E-state index in [2.05, 4.69) is 6.07 Å². The van der Waals surface area contributed by atoms with Crippen molar-refractivity contribution in [1.29, 1.82) is 5.26 Å². The summed E-state index contributed by atoms with van der Waals surface area (Å²) in [6, 6.07) is 16.9. The fraction of sp³-hybridized carbons (Fsp3) is 0.318. The zero-order valence-corrected chi connectivity index (χ0v) is 15.7. The third-order valence-corrected chi connectivity index (χ3v) is 4.03. The molecule has 0 atom stereocenters. The molecule has 0 heterocycles. The Hall–Kier alpha value is -2.93. The van der Waals surface area contributed by atoms with Gasteiger partial charge in [-0.05, 0) is 29.2 Å². The first kappa shape index (κ1) is 19.4. The molecule has 2 aromatic carbocycles. The number of amides is 2. The highest BCUT2D eigenvalue weighted by molar-refractivity contribution is 6.06. The van der Waals surface area contributed by atoms with Crippen molar-refractivity contribution in [3.8, 4) is 17.2 Å². The van der Waals surface area contributed by atoms with Gasteiger partial charge in [0, 0.05) is 12.5 Å². The lowest BCUT2D eigenvalue weighted by Crippen LogP contribution is -2.42. The first-order valence-electron chi connectivity index (χ1n) is 8.80. The predicted molar refractivity (Wildman–Crippen MR) is 102 cm³/mol. The molecule has 0 saturated heterocycles. The summed E-state index contributed by atoms with van der Waals surface area (Å²) < 4.78 is 0. The molecule has 134 valence electrons. The van der Waals surface area contributed by atoms with Crippen LogP contribution in [0.1, 0.15) is 43.6 Å². The van der Waals surface area contributed by atoms with Crippen molar-refractivity contribution in [3.05, 3.63) is 59.7 Å². The summed E-state index contributed by atoms with van der Waals surface area (Å²) in [6.07, 6.45) is 0. The average Bonchev–Trinajstić information content (AvgIpc) is 2.65. The molecule has 0 radical (unpaired) electrons. The topological polar surface area (TPSA) is 61.2 Å². The van der Waals surface area contributed by atoms with Crippen LogP contribution >= 0.6 is 0 Å². The minimum atomic E-state index is -0.409. The maximum Gasteiger partial charge on any atom is 0.261 e. The Labute approximate surface area is 155 Å². The molecular formula is C22H24N2O2. The lowest BCUT2D eigenvalue weighted by atomic mass is 9.98. The van der Waals surface area contributed by atoms with Gasteiger partial charge in [0.1, 0.15) is 0 Å². The van der Waals surface area contributed by atoms with E-state index in [9.17, 15) is 14.9 Å². The van der Waals surface area contributed by atoms with E-state index in [0.717, 1.165) is 11.1 Å². The van der Waals surface area contributed by atoms with Crippen LogP contribution in [0.15, 0.2) is 48.5 Å².